The molecule has 400 valence electrons. The first-order chi connectivity index (χ1) is 34.0. The van der Waals surface area contributed by atoms with E-state index >= 15 is 0 Å². The fourth-order valence-electron chi connectivity index (χ4n) is 8.49. The Morgan fingerprint density at radius 1 is 0.290 bits per heavy atom. The number of carbonyl (C=O) groups excluding carboxylic acids is 3. The lowest BCUT2D eigenvalue weighted by atomic mass is 10.0. The Morgan fingerprint density at radius 2 is 0.536 bits per heavy atom. The van der Waals surface area contributed by atoms with E-state index in [1.54, 1.807) is 0 Å². The van der Waals surface area contributed by atoms with Crippen LogP contribution in [0.5, 0.6) is 0 Å². The van der Waals surface area contributed by atoms with Crippen molar-refractivity contribution in [1.82, 2.24) is 0 Å². The minimum absolute atomic E-state index is 0.0904. The molecule has 0 heterocycles. The van der Waals surface area contributed by atoms with E-state index < -0.39 is 6.10 Å². The molecule has 0 aromatic rings. The topological polar surface area (TPSA) is 78.9 Å². The average molecular weight is 966 g/mol. The molecule has 0 saturated carbocycles. The van der Waals surface area contributed by atoms with Crippen molar-refractivity contribution in [1.29, 1.82) is 0 Å². The summed E-state index contributed by atoms with van der Waals surface area (Å²) < 4.78 is 16.8. The zero-order chi connectivity index (χ0) is 50.0. The average Bonchev–Trinajstić information content (AvgIpc) is 3.35. The predicted molar refractivity (Wildman–Crippen MR) is 298 cm³/mol. The van der Waals surface area contributed by atoms with E-state index in [1.807, 2.05) is 0 Å². The Balaban J connectivity index is 4.44. The third-order valence-electron chi connectivity index (χ3n) is 13.0. The first kappa shape index (κ1) is 66.1. The maximum Gasteiger partial charge on any atom is 0.306 e. The van der Waals surface area contributed by atoms with Crippen LogP contribution in [0.2, 0.25) is 0 Å². The molecule has 69 heavy (non-hydrogen) atoms. The van der Waals surface area contributed by atoms with Gasteiger partial charge in [-0.25, -0.2) is 0 Å². The van der Waals surface area contributed by atoms with Crippen LogP contribution >= 0.6 is 0 Å². The number of unbranched alkanes of at least 4 members (excludes halogenated alkanes) is 33. The molecule has 0 aromatic carbocycles. The second-order valence-corrected chi connectivity index (χ2v) is 19.9. The van der Waals surface area contributed by atoms with Crippen molar-refractivity contribution in [2.45, 2.75) is 309 Å². The molecule has 0 fully saturated rings. The van der Waals surface area contributed by atoms with Crippen LogP contribution < -0.4 is 0 Å². The lowest BCUT2D eigenvalue weighted by Crippen LogP contribution is -2.30. The van der Waals surface area contributed by atoms with Crippen molar-refractivity contribution >= 4 is 17.9 Å². The van der Waals surface area contributed by atoms with Crippen molar-refractivity contribution in [2.24, 2.45) is 0 Å². The molecule has 6 nitrogen and oxygen atoms in total. The molecule has 0 radical (unpaired) electrons. The molecule has 0 saturated heterocycles. The Labute approximate surface area is 428 Å². The van der Waals surface area contributed by atoms with Gasteiger partial charge in [0.15, 0.2) is 6.10 Å². The van der Waals surface area contributed by atoms with Crippen LogP contribution in [0.4, 0.5) is 0 Å². The number of hydrogen-bond donors (Lipinski definition) is 0. The van der Waals surface area contributed by atoms with Gasteiger partial charge >= 0.3 is 17.9 Å². The highest BCUT2D eigenvalue weighted by Crippen LogP contribution is 2.16. The van der Waals surface area contributed by atoms with Crippen molar-refractivity contribution in [2.75, 3.05) is 13.2 Å². The summed E-state index contributed by atoms with van der Waals surface area (Å²) in [7, 11) is 0. The molecule has 1 atom stereocenters. The maximum atomic E-state index is 12.9. The summed E-state index contributed by atoms with van der Waals surface area (Å²) in [6, 6.07) is 0. The van der Waals surface area contributed by atoms with Gasteiger partial charge in [-0.15, -0.1) is 0 Å². The molecule has 0 aliphatic rings. The Morgan fingerprint density at radius 3 is 0.899 bits per heavy atom. The Bertz CT molecular complexity index is 1250. The van der Waals surface area contributed by atoms with Crippen molar-refractivity contribution < 1.29 is 28.6 Å². The monoisotopic (exact) mass is 965 g/mol. The summed E-state index contributed by atoms with van der Waals surface area (Å²) in [6.45, 7) is 6.59. The highest BCUT2D eigenvalue weighted by atomic mass is 16.6. The lowest BCUT2D eigenvalue weighted by molar-refractivity contribution is -0.167. The van der Waals surface area contributed by atoms with E-state index in [9.17, 15) is 14.4 Å². The molecule has 0 unspecified atom stereocenters. The number of carbonyl (C=O) groups is 3. The molecule has 0 rings (SSSR count). The summed E-state index contributed by atoms with van der Waals surface area (Å²) >= 11 is 0. The quantitative estimate of drug-likeness (QED) is 0.0262. The van der Waals surface area contributed by atoms with Gasteiger partial charge in [0.1, 0.15) is 13.2 Å². The fraction of sp³-hybridized carbons (Fsp3) is 0.794. The molecule has 0 aromatic heterocycles. The summed E-state index contributed by atoms with van der Waals surface area (Å²) in [6.07, 6.45) is 72.2. The normalized spacial score (nSPS) is 12.4. The number of rotatable bonds is 54. The van der Waals surface area contributed by atoms with Crippen LogP contribution in [-0.2, 0) is 28.6 Å². The maximum absolute atomic E-state index is 12.9. The Hall–Kier alpha value is -2.89. The smallest absolute Gasteiger partial charge is 0.306 e. The minimum Gasteiger partial charge on any atom is -0.462 e. The van der Waals surface area contributed by atoms with E-state index in [2.05, 4.69) is 81.5 Å². The molecular formula is C63H112O6. The first-order valence-corrected chi connectivity index (χ1v) is 29.8. The van der Waals surface area contributed by atoms with Crippen molar-refractivity contribution in [3.63, 3.8) is 0 Å². The molecular weight excluding hydrogens is 853 g/mol. The summed E-state index contributed by atoms with van der Waals surface area (Å²) in [5.41, 5.74) is 0. The molecule has 0 aliphatic heterocycles. The van der Waals surface area contributed by atoms with E-state index in [0.29, 0.717) is 19.3 Å². The molecule has 0 aliphatic carbocycles. The van der Waals surface area contributed by atoms with Gasteiger partial charge in [-0.05, 0) is 83.5 Å². The summed E-state index contributed by atoms with van der Waals surface area (Å²) in [5, 5.41) is 0. The molecule has 0 N–H and O–H groups in total. The lowest BCUT2D eigenvalue weighted by Gasteiger charge is -2.18. The van der Waals surface area contributed by atoms with Gasteiger partial charge in [0.05, 0.1) is 0 Å². The van der Waals surface area contributed by atoms with E-state index in [-0.39, 0.29) is 37.5 Å². The van der Waals surface area contributed by atoms with Crippen LogP contribution in [0, 0.1) is 0 Å². The van der Waals surface area contributed by atoms with Crippen LogP contribution in [0.15, 0.2) is 60.8 Å². The van der Waals surface area contributed by atoms with Gasteiger partial charge in [0, 0.05) is 19.3 Å². The van der Waals surface area contributed by atoms with Crippen molar-refractivity contribution in [3.8, 4) is 0 Å². The number of ether oxygens (including phenoxy) is 3. The van der Waals surface area contributed by atoms with Gasteiger partial charge in [-0.1, -0.05) is 261 Å². The largest absolute Gasteiger partial charge is 0.462 e. The van der Waals surface area contributed by atoms with Gasteiger partial charge in [-0.2, -0.15) is 0 Å². The van der Waals surface area contributed by atoms with Crippen LogP contribution in [-0.4, -0.2) is 37.2 Å². The highest BCUT2D eigenvalue weighted by Gasteiger charge is 2.19. The van der Waals surface area contributed by atoms with E-state index in [4.69, 9.17) is 14.2 Å². The van der Waals surface area contributed by atoms with Gasteiger partial charge in [0.2, 0.25) is 0 Å². The third-order valence-corrected chi connectivity index (χ3v) is 13.0. The highest BCUT2D eigenvalue weighted by molar-refractivity contribution is 5.71. The number of allylic oxidation sites excluding steroid dienone is 10. The standard InChI is InChI=1S/C63H112O6/c1-4-7-10-13-16-19-22-25-28-31-34-37-40-43-46-49-52-55-61(64)67-58-60(69-63(66)57-54-51-48-45-42-39-36-33-30-27-24-21-18-15-12-9-6-3)59-68-62(65)56-53-50-47-44-41-38-35-32-29-26-23-20-17-14-11-8-5-2/h18,21,25,27-28,30,34,37,43,46,60H,4-17,19-20,22-24,26,29,31-33,35-36,38-42,44-45,47-59H2,1-3H3/b21-18-,28-25-,30-27-,37-34-,46-43-/t60-/m1/s1. The zero-order valence-corrected chi connectivity index (χ0v) is 45.8. The predicted octanol–water partition coefficient (Wildman–Crippen LogP) is 20.0. The first-order valence-electron chi connectivity index (χ1n) is 29.8. The number of hydrogen-bond acceptors (Lipinski definition) is 6. The van der Waals surface area contributed by atoms with Gasteiger partial charge in [0.25, 0.3) is 0 Å². The van der Waals surface area contributed by atoms with E-state index in [1.165, 1.54) is 186 Å². The molecule has 6 heteroatoms. The zero-order valence-electron chi connectivity index (χ0n) is 45.8. The van der Waals surface area contributed by atoms with Crippen LogP contribution in [0.1, 0.15) is 303 Å². The molecule has 0 spiro atoms. The summed E-state index contributed by atoms with van der Waals surface area (Å²) in [4.78, 5) is 38.2. The molecule has 0 bridgehead atoms. The minimum atomic E-state index is -0.797. The second-order valence-electron chi connectivity index (χ2n) is 19.9. The second kappa shape index (κ2) is 57.7. The van der Waals surface area contributed by atoms with Gasteiger partial charge < -0.3 is 14.2 Å². The Kier molecular flexibility index (Phi) is 55.3. The SMILES string of the molecule is CCCCC/C=C\C/C=C\CCCCCCCCCC(=O)O[C@H](COC(=O)CCC/C=C\C/C=C\C/C=C\CCCCCCCC)COC(=O)CCCCCCCCCCCCCCCCCCC. The third kappa shape index (κ3) is 55.9. The van der Waals surface area contributed by atoms with Crippen molar-refractivity contribution in [3.05, 3.63) is 60.8 Å². The van der Waals surface area contributed by atoms with E-state index in [0.717, 1.165) is 70.6 Å². The van der Waals surface area contributed by atoms with Crippen LogP contribution in [0.3, 0.4) is 0 Å². The number of esters is 3. The molecule has 0 amide bonds. The van der Waals surface area contributed by atoms with Crippen LogP contribution in [0.25, 0.3) is 0 Å². The fourth-order valence-corrected chi connectivity index (χ4v) is 8.49. The van der Waals surface area contributed by atoms with Gasteiger partial charge in [-0.3, -0.25) is 14.4 Å². The summed E-state index contributed by atoms with van der Waals surface area (Å²) in [5.74, 6) is -0.939.